The van der Waals surface area contributed by atoms with E-state index < -0.39 is 0 Å². The van der Waals surface area contributed by atoms with Crippen LogP contribution in [0.15, 0.2) is 23.3 Å². The van der Waals surface area contributed by atoms with Gasteiger partial charge in [0.05, 0.1) is 18.3 Å². The first-order valence-electron chi connectivity index (χ1n) is 6.55. The van der Waals surface area contributed by atoms with Gasteiger partial charge in [-0.2, -0.15) is 0 Å². The monoisotopic (exact) mass is 238 g/mol. The zero-order valence-electron chi connectivity index (χ0n) is 11.6. The lowest BCUT2D eigenvalue weighted by molar-refractivity contribution is 0.320. The van der Waals surface area contributed by atoms with E-state index in [0.717, 1.165) is 25.7 Å². The lowest BCUT2D eigenvalue weighted by atomic mass is 10.0. The van der Waals surface area contributed by atoms with Gasteiger partial charge in [0, 0.05) is 0 Å². The van der Waals surface area contributed by atoms with Crippen LogP contribution in [0.5, 0.6) is 0 Å². The van der Waals surface area contributed by atoms with Crippen molar-refractivity contribution in [2.45, 2.75) is 65.1 Å². The van der Waals surface area contributed by atoms with E-state index in [2.05, 4.69) is 33.8 Å². The normalized spacial score (nSPS) is 23.9. The first kappa shape index (κ1) is 14.5. The van der Waals surface area contributed by atoms with Gasteiger partial charge in [-0.1, -0.05) is 23.3 Å². The summed E-state index contributed by atoms with van der Waals surface area (Å²) in [6.07, 6.45) is 9.04. The Kier molecular flexibility index (Phi) is 5.41. The lowest BCUT2D eigenvalue weighted by Crippen LogP contribution is -2.02. The molecule has 0 aromatic heterocycles. The second-order valence-corrected chi connectivity index (χ2v) is 5.57. The topological polar surface area (TPSA) is 32.8 Å². The predicted octanol–water partition coefficient (Wildman–Crippen LogP) is 3.61. The van der Waals surface area contributed by atoms with Gasteiger partial charge in [-0.05, 0) is 53.4 Å². The van der Waals surface area contributed by atoms with Crippen LogP contribution in [0.25, 0.3) is 0 Å². The predicted molar refractivity (Wildman–Crippen MR) is 72.0 cm³/mol. The maximum atomic E-state index is 8.74. The molecule has 0 saturated carbocycles. The average molecular weight is 238 g/mol. The number of hydrogen-bond donors (Lipinski definition) is 1. The summed E-state index contributed by atoms with van der Waals surface area (Å²) >= 11 is 0. The third kappa shape index (κ3) is 5.51. The van der Waals surface area contributed by atoms with Crippen molar-refractivity contribution in [3.8, 4) is 0 Å². The van der Waals surface area contributed by atoms with E-state index in [1.807, 2.05) is 6.08 Å². The molecule has 0 amide bonds. The van der Waals surface area contributed by atoms with Crippen LogP contribution in [0.2, 0.25) is 0 Å². The molecule has 1 saturated heterocycles. The molecule has 1 N–H and O–H groups in total. The maximum Gasteiger partial charge on any atom is 0.0892 e. The van der Waals surface area contributed by atoms with Crippen molar-refractivity contribution in [2.24, 2.45) is 0 Å². The Bertz CT molecular complexity index is 300. The molecule has 1 atom stereocenters. The van der Waals surface area contributed by atoms with E-state index in [1.54, 1.807) is 0 Å². The van der Waals surface area contributed by atoms with Gasteiger partial charge in [0.15, 0.2) is 0 Å². The van der Waals surface area contributed by atoms with Gasteiger partial charge >= 0.3 is 0 Å². The zero-order chi connectivity index (χ0) is 12.9. The number of hydrogen-bond acceptors (Lipinski definition) is 2. The quantitative estimate of drug-likeness (QED) is 0.543. The summed E-state index contributed by atoms with van der Waals surface area (Å²) in [5.74, 6) is 0. The molecule has 1 fully saturated rings. The van der Waals surface area contributed by atoms with Crippen molar-refractivity contribution in [3.63, 3.8) is 0 Å². The van der Waals surface area contributed by atoms with Crippen LogP contribution < -0.4 is 0 Å². The van der Waals surface area contributed by atoms with Crippen LogP contribution in [0.4, 0.5) is 0 Å². The van der Waals surface area contributed by atoms with Gasteiger partial charge in [-0.25, -0.2) is 0 Å². The molecule has 17 heavy (non-hydrogen) atoms. The van der Waals surface area contributed by atoms with Crippen molar-refractivity contribution >= 4 is 0 Å². The third-order valence-corrected chi connectivity index (χ3v) is 3.44. The molecule has 0 bridgehead atoms. The number of allylic oxidation sites excluding steroid dienone is 3. The van der Waals surface area contributed by atoms with Crippen molar-refractivity contribution in [1.82, 2.24) is 0 Å². The van der Waals surface area contributed by atoms with E-state index in [1.165, 1.54) is 11.1 Å². The van der Waals surface area contributed by atoms with E-state index in [0.29, 0.717) is 6.10 Å². The molecular formula is C15H26O2. The average Bonchev–Trinajstić information content (AvgIpc) is 2.84. The van der Waals surface area contributed by atoms with Crippen molar-refractivity contribution in [1.29, 1.82) is 0 Å². The van der Waals surface area contributed by atoms with Gasteiger partial charge < -0.3 is 9.84 Å². The van der Waals surface area contributed by atoms with Crippen molar-refractivity contribution < 1.29 is 9.84 Å². The van der Waals surface area contributed by atoms with E-state index in [4.69, 9.17) is 9.84 Å². The molecule has 1 heterocycles. The van der Waals surface area contributed by atoms with Gasteiger partial charge in [0.2, 0.25) is 0 Å². The van der Waals surface area contributed by atoms with Crippen molar-refractivity contribution in [3.05, 3.63) is 23.3 Å². The molecule has 0 aromatic carbocycles. The second-order valence-electron chi connectivity index (χ2n) is 5.57. The highest BCUT2D eigenvalue weighted by Gasteiger charge is 2.46. The largest absolute Gasteiger partial charge is 0.392 e. The minimum absolute atomic E-state index is 0.126. The summed E-state index contributed by atoms with van der Waals surface area (Å²) in [4.78, 5) is 0. The third-order valence-electron chi connectivity index (χ3n) is 3.44. The molecule has 0 aliphatic carbocycles. The molecule has 0 spiro atoms. The Labute approximate surface area is 105 Å². The fourth-order valence-corrected chi connectivity index (χ4v) is 2.00. The first-order valence-corrected chi connectivity index (χ1v) is 6.55. The summed E-state index contributed by atoms with van der Waals surface area (Å²) < 4.78 is 5.57. The number of aliphatic hydroxyl groups excluding tert-OH is 1. The molecule has 0 unspecified atom stereocenters. The van der Waals surface area contributed by atoms with Gasteiger partial charge in [-0.3, -0.25) is 0 Å². The molecule has 2 nitrogen and oxygen atoms in total. The lowest BCUT2D eigenvalue weighted by Gasteiger charge is -2.01. The maximum absolute atomic E-state index is 8.74. The van der Waals surface area contributed by atoms with Crippen LogP contribution in [0, 0.1) is 0 Å². The SMILES string of the molecule is C/C(=C\CO)CC/C=C(\C)CC[C@H]1OC1(C)C. The highest BCUT2D eigenvalue weighted by Crippen LogP contribution is 2.38. The second kappa shape index (κ2) is 6.36. The number of epoxide rings is 1. The van der Waals surface area contributed by atoms with Gasteiger partial charge in [-0.15, -0.1) is 0 Å². The van der Waals surface area contributed by atoms with Crippen LogP contribution in [0.1, 0.15) is 53.4 Å². The fourth-order valence-electron chi connectivity index (χ4n) is 2.00. The first-order chi connectivity index (χ1) is 7.95. The Morgan fingerprint density at radius 3 is 2.29 bits per heavy atom. The Balaban J connectivity index is 2.15. The summed E-state index contributed by atoms with van der Waals surface area (Å²) in [5, 5.41) is 8.74. The molecule has 0 radical (unpaired) electrons. The van der Waals surface area contributed by atoms with Crippen LogP contribution in [0.3, 0.4) is 0 Å². The highest BCUT2D eigenvalue weighted by molar-refractivity contribution is 5.05. The number of aliphatic hydroxyl groups is 1. The van der Waals surface area contributed by atoms with Crippen LogP contribution in [-0.4, -0.2) is 23.4 Å². The Hall–Kier alpha value is -0.600. The highest BCUT2D eigenvalue weighted by atomic mass is 16.6. The Morgan fingerprint density at radius 2 is 1.76 bits per heavy atom. The fraction of sp³-hybridized carbons (Fsp3) is 0.733. The summed E-state index contributed by atoms with van der Waals surface area (Å²) in [7, 11) is 0. The molecule has 0 aromatic rings. The zero-order valence-corrected chi connectivity index (χ0v) is 11.6. The molecule has 2 heteroatoms. The van der Waals surface area contributed by atoms with E-state index >= 15 is 0 Å². The summed E-state index contributed by atoms with van der Waals surface area (Å²) in [6.45, 7) is 8.72. The smallest absolute Gasteiger partial charge is 0.0892 e. The standard InChI is InChI=1S/C15H26O2/c1-12(6-5-7-13(2)10-11-16)8-9-14-15(3,4)17-14/h6,10,14,16H,5,7-9,11H2,1-4H3/b12-6+,13-10+/t14-/m1/s1. The van der Waals surface area contributed by atoms with Crippen LogP contribution >= 0.6 is 0 Å². The van der Waals surface area contributed by atoms with Gasteiger partial charge in [0.1, 0.15) is 0 Å². The molecule has 1 rings (SSSR count). The van der Waals surface area contributed by atoms with E-state index in [-0.39, 0.29) is 12.2 Å². The van der Waals surface area contributed by atoms with Crippen molar-refractivity contribution in [2.75, 3.05) is 6.61 Å². The minimum atomic E-state index is 0.126. The van der Waals surface area contributed by atoms with Gasteiger partial charge in [0.25, 0.3) is 0 Å². The molecule has 1 aliphatic rings. The minimum Gasteiger partial charge on any atom is -0.392 e. The molecule has 98 valence electrons. The Morgan fingerprint density at radius 1 is 1.18 bits per heavy atom. The molecular weight excluding hydrogens is 212 g/mol. The summed E-state index contributed by atoms with van der Waals surface area (Å²) in [6, 6.07) is 0. The number of ether oxygens (including phenoxy) is 1. The summed E-state index contributed by atoms with van der Waals surface area (Å²) in [5.41, 5.74) is 2.84. The van der Waals surface area contributed by atoms with Crippen LogP contribution in [-0.2, 0) is 4.74 Å². The number of rotatable bonds is 7. The van der Waals surface area contributed by atoms with E-state index in [9.17, 15) is 0 Å². The molecule has 1 aliphatic heterocycles.